The number of esters is 3. The van der Waals surface area contributed by atoms with Crippen LogP contribution in [0.15, 0.2) is 72.8 Å². The van der Waals surface area contributed by atoms with E-state index in [1.807, 2.05) is 0 Å². The summed E-state index contributed by atoms with van der Waals surface area (Å²) in [6.45, 7) is -0.0392. The lowest BCUT2D eigenvalue weighted by Crippen LogP contribution is -2.52. The molecule has 0 aromatic heterocycles. The van der Waals surface area contributed by atoms with Gasteiger partial charge in [-0.2, -0.15) is 30.7 Å². The van der Waals surface area contributed by atoms with Crippen LogP contribution in [0.2, 0.25) is 0 Å². The molecule has 0 radical (unpaired) electrons. The van der Waals surface area contributed by atoms with Gasteiger partial charge in [0, 0.05) is 23.9 Å². The average Bonchev–Trinajstić information content (AvgIpc) is 2.94. The number of alkyl halides is 7. The van der Waals surface area contributed by atoms with Crippen molar-refractivity contribution in [3.8, 4) is 11.5 Å². The molecule has 44 heavy (non-hydrogen) atoms. The lowest BCUT2D eigenvalue weighted by Gasteiger charge is -2.27. The smallest absolute Gasteiger partial charge is 0.458 e. The fraction of sp³-hybridized carbons (Fsp3) is 0.207. The molecular formula is C29H23F7N2O6. The zero-order valence-corrected chi connectivity index (χ0v) is 22.4. The van der Waals surface area contributed by atoms with Gasteiger partial charge < -0.3 is 25.7 Å². The topological polar surface area (TPSA) is 131 Å². The fourth-order valence-corrected chi connectivity index (χ4v) is 3.47. The number of nitrogen functional groups attached to an aromatic ring is 2. The minimum atomic E-state index is -6.50. The second-order valence-corrected chi connectivity index (χ2v) is 9.18. The number of nitrogens with two attached hydrogens (primary N) is 2. The van der Waals surface area contributed by atoms with Crippen molar-refractivity contribution in [3.05, 3.63) is 89.5 Å². The van der Waals surface area contributed by atoms with Gasteiger partial charge in [-0.05, 0) is 71.8 Å². The summed E-state index contributed by atoms with van der Waals surface area (Å²) in [6.07, 6.45) is -7.40. The molecule has 0 saturated heterocycles. The molecule has 0 aliphatic carbocycles. The van der Waals surface area contributed by atoms with Crippen LogP contribution in [0.3, 0.4) is 0 Å². The number of benzene rings is 3. The van der Waals surface area contributed by atoms with Crippen LogP contribution in [-0.2, 0) is 20.9 Å². The molecule has 8 nitrogen and oxygen atoms in total. The Morgan fingerprint density at radius 2 is 1.30 bits per heavy atom. The van der Waals surface area contributed by atoms with Gasteiger partial charge >= 0.3 is 35.9 Å². The van der Waals surface area contributed by atoms with Gasteiger partial charge in [0.2, 0.25) is 0 Å². The zero-order valence-electron chi connectivity index (χ0n) is 22.4. The maximum Gasteiger partial charge on any atom is 0.459 e. The van der Waals surface area contributed by atoms with Crippen molar-refractivity contribution in [1.82, 2.24) is 0 Å². The minimum absolute atomic E-state index is 0.0326. The predicted octanol–water partition coefficient (Wildman–Crippen LogP) is 6.35. The molecule has 0 heterocycles. The predicted molar refractivity (Wildman–Crippen MR) is 143 cm³/mol. The summed E-state index contributed by atoms with van der Waals surface area (Å²) in [4.78, 5) is 36.1. The van der Waals surface area contributed by atoms with E-state index in [0.717, 1.165) is 24.3 Å². The van der Waals surface area contributed by atoms with Gasteiger partial charge in [0.15, 0.2) is 0 Å². The van der Waals surface area contributed by atoms with E-state index >= 15 is 0 Å². The fourth-order valence-electron chi connectivity index (χ4n) is 3.47. The highest BCUT2D eigenvalue weighted by Gasteiger charge is 2.72. The number of halogens is 7. The Labute approximate surface area is 245 Å². The number of ether oxygens (including phenoxy) is 3. The molecule has 0 aliphatic heterocycles. The Morgan fingerprint density at radius 1 is 0.750 bits per heavy atom. The van der Waals surface area contributed by atoms with Crippen LogP contribution in [0.4, 0.5) is 42.1 Å². The van der Waals surface area contributed by atoms with Gasteiger partial charge in [0.1, 0.15) is 18.1 Å². The summed E-state index contributed by atoms with van der Waals surface area (Å²) in [6, 6.07) is 15.2. The number of hydrogen-bond acceptors (Lipinski definition) is 8. The van der Waals surface area contributed by atoms with Crippen LogP contribution in [0.1, 0.15) is 34.3 Å². The van der Waals surface area contributed by atoms with Crippen molar-refractivity contribution in [2.75, 3.05) is 11.5 Å². The third-order valence-electron chi connectivity index (χ3n) is 5.70. The molecule has 0 amide bonds. The number of hydrogen-bond donors (Lipinski definition) is 2. The molecule has 234 valence electrons. The van der Waals surface area contributed by atoms with Crippen LogP contribution >= 0.6 is 0 Å². The summed E-state index contributed by atoms with van der Waals surface area (Å²) >= 11 is 0. The van der Waals surface area contributed by atoms with E-state index in [2.05, 4.69) is 4.74 Å². The molecule has 0 spiro atoms. The number of carbonyl (C=O) groups excluding carboxylic acids is 3. The Hall–Kier alpha value is -5.08. The summed E-state index contributed by atoms with van der Waals surface area (Å²) in [7, 11) is 0. The monoisotopic (exact) mass is 628 g/mol. The second-order valence-electron chi connectivity index (χ2n) is 9.18. The molecule has 0 unspecified atom stereocenters. The van der Waals surface area contributed by atoms with Crippen molar-refractivity contribution in [3.63, 3.8) is 0 Å². The van der Waals surface area contributed by atoms with E-state index in [4.69, 9.17) is 20.9 Å². The zero-order chi connectivity index (χ0) is 32.7. The normalized spacial score (nSPS) is 12.2. The largest absolute Gasteiger partial charge is 0.459 e. The molecule has 3 rings (SSSR count). The number of rotatable bonds is 11. The first-order chi connectivity index (χ1) is 20.5. The van der Waals surface area contributed by atoms with E-state index in [1.165, 1.54) is 24.3 Å². The van der Waals surface area contributed by atoms with E-state index in [9.17, 15) is 45.1 Å². The van der Waals surface area contributed by atoms with Crippen LogP contribution < -0.4 is 20.9 Å². The Kier molecular flexibility index (Phi) is 10.2. The second kappa shape index (κ2) is 13.5. The highest BCUT2D eigenvalue weighted by molar-refractivity contribution is 5.91. The average molecular weight is 628 g/mol. The third-order valence-corrected chi connectivity index (χ3v) is 5.70. The molecule has 0 aliphatic rings. The third kappa shape index (κ3) is 8.96. The van der Waals surface area contributed by atoms with Crippen LogP contribution in [-0.4, -0.2) is 35.9 Å². The lowest BCUT2D eigenvalue weighted by molar-refractivity contribution is -0.355. The molecule has 15 heteroatoms. The van der Waals surface area contributed by atoms with Crippen molar-refractivity contribution >= 4 is 35.4 Å². The quantitative estimate of drug-likeness (QED) is 0.0827. The SMILES string of the molecule is Nc1cc(N)cc(COC(=O)C=Cc2ccc(OC(=O)c3ccc(OC(=O)CCC(F)(F)C(F)(F)C(F)(F)F)cc3)cc2)c1. The summed E-state index contributed by atoms with van der Waals surface area (Å²) in [5, 5.41) is 0. The van der Waals surface area contributed by atoms with E-state index in [0.29, 0.717) is 22.5 Å². The van der Waals surface area contributed by atoms with E-state index < -0.39 is 48.8 Å². The maximum absolute atomic E-state index is 13.4. The van der Waals surface area contributed by atoms with Gasteiger partial charge in [-0.15, -0.1) is 0 Å². The summed E-state index contributed by atoms with van der Waals surface area (Å²) < 4.78 is 104. The molecular weight excluding hydrogens is 605 g/mol. The summed E-state index contributed by atoms with van der Waals surface area (Å²) in [5.74, 6) is -15.0. The molecule has 4 N–H and O–H groups in total. The standard InChI is InChI=1S/C29H23F7N2O6/c30-27(31,28(32,33)29(34,35)36)12-11-25(40)43-22-8-4-19(5-9-22)26(41)44-23-6-1-17(2-7-23)3-10-24(39)42-16-18-13-20(37)15-21(38)14-18/h1-10,13-15H,11-12,16,37-38H2. The van der Waals surface area contributed by atoms with Crippen LogP contribution in [0.25, 0.3) is 6.08 Å². The van der Waals surface area contributed by atoms with Gasteiger partial charge in [-0.3, -0.25) is 4.79 Å². The molecule has 3 aromatic carbocycles. The maximum atomic E-state index is 13.4. The Balaban J connectivity index is 1.48. The Bertz CT molecular complexity index is 1500. The highest BCUT2D eigenvalue weighted by Crippen LogP contribution is 2.48. The van der Waals surface area contributed by atoms with Crippen LogP contribution in [0.5, 0.6) is 11.5 Å². The summed E-state index contributed by atoms with van der Waals surface area (Å²) in [5.41, 5.74) is 13.4. The van der Waals surface area contributed by atoms with Gasteiger partial charge in [0.05, 0.1) is 12.0 Å². The van der Waals surface area contributed by atoms with Crippen LogP contribution in [0, 0.1) is 0 Å². The van der Waals surface area contributed by atoms with Gasteiger partial charge in [-0.25, -0.2) is 9.59 Å². The van der Waals surface area contributed by atoms with Gasteiger partial charge in [-0.1, -0.05) is 12.1 Å². The molecule has 3 aromatic rings. The van der Waals surface area contributed by atoms with E-state index in [1.54, 1.807) is 30.3 Å². The lowest BCUT2D eigenvalue weighted by atomic mass is 10.1. The first kappa shape index (κ1) is 33.4. The minimum Gasteiger partial charge on any atom is -0.458 e. The number of anilines is 2. The van der Waals surface area contributed by atoms with Gasteiger partial charge in [0.25, 0.3) is 0 Å². The molecule has 0 bridgehead atoms. The van der Waals surface area contributed by atoms with E-state index in [-0.39, 0.29) is 23.7 Å². The van der Waals surface area contributed by atoms with Crippen molar-refractivity contribution < 1.29 is 59.3 Å². The molecule has 0 fully saturated rings. The van der Waals surface area contributed by atoms with Crippen molar-refractivity contribution in [2.24, 2.45) is 0 Å². The molecule has 0 saturated carbocycles. The number of carbonyl (C=O) groups is 3. The molecule has 0 atom stereocenters. The first-order valence-corrected chi connectivity index (χ1v) is 12.4. The first-order valence-electron chi connectivity index (χ1n) is 12.4. The van der Waals surface area contributed by atoms with Crippen molar-refractivity contribution in [2.45, 2.75) is 37.5 Å². The highest BCUT2D eigenvalue weighted by atomic mass is 19.4. The Morgan fingerprint density at radius 3 is 1.86 bits per heavy atom. The van der Waals surface area contributed by atoms with Crippen molar-refractivity contribution in [1.29, 1.82) is 0 Å².